The highest BCUT2D eigenvalue weighted by Gasteiger charge is 2.39. The summed E-state index contributed by atoms with van der Waals surface area (Å²) in [6, 6.07) is 6.54. The molecule has 1 amide bonds. The van der Waals surface area contributed by atoms with Gasteiger partial charge in [-0.15, -0.1) is 0 Å². The second kappa shape index (κ2) is 8.05. The molecule has 2 aliphatic heterocycles. The maximum atomic E-state index is 14.0. The van der Waals surface area contributed by atoms with Crippen LogP contribution in [-0.4, -0.2) is 44.4 Å². The fourth-order valence-electron chi connectivity index (χ4n) is 4.32. The van der Waals surface area contributed by atoms with Gasteiger partial charge in [-0.3, -0.25) is 4.90 Å². The van der Waals surface area contributed by atoms with Crippen LogP contribution in [0.25, 0.3) is 5.69 Å². The summed E-state index contributed by atoms with van der Waals surface area (Å²) in [5.41, 5.74) is 4.16. The van der Waals surface area contributed by atoms with Gasteiger partial charge in [0.25, 0.3) is 0 Å². The number of cyclic esters (lactones) is 1. The molecule has 0 bridgehead atoms. The first-order chi connectivity index (χ1) is 15.4. The number of nitrogens with zero attached hydrogens (tertiary/aromatic N) is 5. The number of carbonyl (C=O) groups excluding carboxylic acids is 1. The normalized spacial score (nSPS) is 19.2. The van der Waals surface area contributed by atoms with Gasteiger partial charge in [0.05, 0.1) is 23.8 Å². The van der Waals surface area contributed by atoms with Gasteiger partial charge in [0, 0.05) is 16.9 Å². The number of benzene rings is 1. The topological polar surface area (TPSA) is 85.2 Å². The third kappa shape index (κ3) is 3.46. The smallest absolute Gasteiger partial charge is 0.416 e. The SMILES string of the molecule is CC(Nc1nccc(N2C(=O)OC[C@@H]2C(C)F)n1)c1ncn2c1CCc1c(Cl)cccc1-2. The van der Waals surface area contributed by atoms with Crippen LogP contribution in [0, 0.1) is 0 Å². The van der Waals surface area contributed by atoms with Crippen LogP contribution < -0.4 is 10.2 Å². The maximum Gasteiger partial charge on any atom is 0.416 e. The standard InChI is InChI=1S/C22H22ClFN6O2/c1-12(24)18-10-32-22(31)30(18)19-8-9-25-21(28-19)27-13(2)20-17-7-6-14-15(23)4-3-5-16(14)29(17)11-26-20/h3-5,8-9,11-13,18H,6-7,10H2,1-2H3,(H,25,27,28)/t12?,13?,18-/m1/s1. The van der Waals surface area contributed by atoms with Gasteiger partial charge in [-0.1, -0.05) is 17.7 Å². The van der Waals surface area contributed by atoms with E-state index < -0.39 is 18.3 Å². The summed E-state index contributed by atoms with van der Waals surface area (Å²) in [6.45, 7) is 3.37. The summed E-state index contributed by atoms with van der Waals surface area (Å²) >= 11 is 6.37. The van der Waals surface area contributed by atoms with Crippen LogP contribution in [0.3, 0.4) is 0 Å². The quantitative estimate of drug-likeness (QED) is 0.617. The van der Waals surface area contributed by atoms with E-state index in [9.17, 15) is 9.18 Å². The second-order valence-electron chi connectivity index (χ2n) is 7.98. The Hall–Kier alpha value is -3.20. The van der Waals surface area contributed by atoms with Crippen molar-refractivity contribution < 1.29 is 13.9 Å². The molecule has 0 aliphatic carbocycles. The van der Waals surface area contributed by atoms with E-state index in [2.05, 4.69) is 24.8 Å². The number of halogens is 2. The van der Waals surface area contributed by atoms with Gasteiger partial charge in [0.15, 0.2) is 0 Å². The first-order valence-electron chi connectivity index (χ1n) is 10.5. The minimum Gasteiger partial charge on any atom is -0.447 e. The highest BCUT2D eigenvalue weighted by Crippen LogP contribution is 2.33. The minimum absolute atomic E-state index is 0.00798. The highest BCUT2D eigenvalue weighted by atomic mass is 35.5. The fourth-order valence-corrected chi connectivity index (χ4v) is 4.59. The summed E-state index contributed by atoms with van der Waals surface area (Å²) in [4.78, 5) is 26.7. The summed E-state index contributed by atoms with van der Waals surface area (Å²) in [5, 5.41) is 4.02. The maximum absolute atomic E-state index is 14.0. The molecule has 2 aliphatic rings. The summed E-state index contributed by atoms with van der Waals surface area (Å²) < 4.78 is 21.0. The van der Waals surface area contributed by atoms with Crippen molar-refractivity contribution in [3.8, 4) is 5.69 Å². The molecule has 3 atom stereocenters. The van der Waals surface area contributed by atoms with E-state index in [1.54, 1.807) is 6.07 Å². The van der Waals surface area contributed by atoms with Gasteiger partial charge in [-0.2, -0.15) is 4.98 Å². The Morgan fingerprint density at radius 1 is 1.25 bits per heavy atom. The van der Waals surface area contributed by atoms with Gasteiger partial charge >= 0.3 is 6.09 Å². The molecule has 32 heavy (non-hydrogen) atoms. The third-order valence-electron chi connectivity index (χ3n) is 5.94. The monoisotopic (exact) mass is 456 g/mol. The van der Waals surface area contributed by atoms with E-state index in [1.165, 1.54) is 18.0 Å². The minimum atomic E-state index is -1.25. The molecule has 0 spiro atoms. The number of imidazole rings is 1. The Labute approximate surface area is 189 Å². The number of rotatable bonds is 5. The van der Waals surface area contributed by atoms with Crippen molar-refractivity contribution in [3.05, 3.63) is 58.8 Å². The number of hydrogen-bond acceptors (Lipinski definition) is 6. The molecule has 10 heteroatoms. The van der Waals surface area contributed by atoms with Gasteiger partial charge in [0.1, 0.15) is 24.6 Å². The largest absolute Gasteiger partial charge is 0.447 e. The lowest BCUT2D eigenvalue weighted by molar-refractivity contribution is 0.174. The molecule has 0 saturated carbocycles. The molecule has 0 radical (unpaired) electrons. The zero-order valence-corrected chi connectivity index (χ0v) is 18.4. The summed E-state index contributed by atoms with van der Waals surface area (Å²) in [6.07, 6.45) is 3.13. The van der Waals surface area contributed by atoms with Crippen LogP contribution in [0.1, 0.15) is 36.8 Å². The molecular weight excluding hydrogens is 435 g/mol. The van der Waals surface area contributed by atoms with Gasteiger partial charge < -0.3 is 14.6 Å². The van der Waals surface area contributed by atoms with Crippen molar-refractivity contribution in [1.29, 1.82) is 0 Å². The molecular formula is C22H22ClFN6O2. The van der Waals surface area contributed by atoms with Crippen LogP contribution in [0.15, 0.2) is 36.8 Å². The lowest BCUT2D eigenvalue weighted by Gasteiger charge is -2.23. The summed E-state index contributed by atoms with van der Waals surface area (Å²) in [7, 11) is 0. The van der Waals surface area contributed by atoms with Crippen molar-refractivity contribution in [2.75, 3.05) is 16.8 Å². The Morgan fingerprint density at radius 2 is 2.09 bits per heavy atom. The molecule has 166 valence electrons. The van der Waals surface area contributed by atoms with Gasteiger partial charge in [0.2, 0.25) is 5.95 Å². The second-order valence-corrected chi connectivity index (χ2v) is 8.39. The van der Waals surface area contributed by atoms with Crippen molar-refractivity contribution >= 4 is 29.5 Å². The molecule has 4 heterocycles. The van der Waals surface area contributed by atoms with E-state index >= 15 is 0 Å². The van der Waals surface area contributed by atoms with Crippen LogP contribution in [0.4, 0.5) is 21.0 Å². The Morgan fingerprint density at radius 3 is 2.91 bits per heavy atom. The molecule has 2 unspecified atom stereocenters. The highest BCUT2D eigenvalue weighted by molar-refractivity contribution is 6.31. The van der Waals surface area contributed by atoms with E-state index in [0.29, 0.717) is 11.8 Å². The molecule has 1 fully saturated rings. The van der Waals surface area contributed by atoms with Crippen LogP contribution in [0.2, 0.25) is 5.02 Å². The number of hydrogen-bond donors (Lipinski definition) is 1. The predicted octanol–water partition coefficient (Wildman–Crippen LogP) is 4.27. The first kappa shape index (κ1) is 20.7. The Kier molecular flexibility index (Phi) is 5.21. The Bertz CT molecular complexity index is 1180. The number of anilines is 2. The predicted molar refractivity (Wildman–Crippen MR) is 118 cm³/mol. The average Bonchev–Trinajstić information content (AvgIpc) is 3.38. The molecule has 1 N–H and O–H groups in total. The van der Waals surface area contributed by atoms with Crippen LogP contribution >= 0.6 is 11.6 Å². The lowest BCUT2D eigenvalue weighted by Crippen LogP contribution is -2.39. The van der Waals surface area contributed by atoms with E-state index in [1.807, 2.05) is 31.5 Å². The van der Waals surface area contributed by atoms with E-state index in [4.69, 9.17) is 16.3 Å². The number of ether oxygens (including phenoxy) is 1. The molecule has 2 aromatic heterocycles. The number of carbonyl (C=O) groups is 1. The molecule has 1 aromatic carbocycles. The number of alkyl halides is 1. The van der Waals surface area contributed by atoms with E-state index in [0.717, 1.165) is 40.5 Å². The average molecular weight is 457 g/mol. The number of fused-ring (bicyclic) bond motifs is 3. The fraction of sp³-hybridized carbons (Fsp3) is 0.364. The number of nitrogens with one attached hydrogen (secondary N) is 1. The van der Waals surface area contributed by atoms with Crippen LogP contribution in [-0.2, 0) is 17.6 Å². The van der Waals surface area contributed by atoms with Gasteiger partial charge in [-0.05, 0) is 50.5 Å². The molecule has 3 aromatic rings. The molecule has 5 rings (SSSR count). The zero-order valence-electron chi connectivity index (χ0n) is 17.6. The van der Waals surface area contributed by atoms with Crippen molar-refractivity contribution in [3.63, 3.8) is 0 Å². The third-order valence-corrected chi connectivity index (χ3v) is 6.30. The zero-order chi connectivity index (χ0) is 22.4. The summed E-state index contributed by atoms with van der Waals surface area (Å²) in [5.74, 6) is 0.614. The molecule has 8 nitrogen and oxygen atoms in total. The first-order valence-corrected chi connectivity index (χ1v) is 10.9. The Balaban J connectivity index is 1.40. The van der Waals surface area contributed by atoms with Gasteiger partial charge in [-0.25, -0.2) is 19.2 Å². The number of aromatic nitrogens is 4. The van der Waals surface area contributed by atoms with Crippen molar-refractivity contribution in [1.82, 2.24) is 19.5 Å². The van der Waals surface area contributed by atoms with Crippen LogP contribution in [0.5, 0.6) is 0 Å². The van der Waals surface area contributed by atoms with Crippen molar-refractivity contribution in [2.45, 2.75) is 44.9 Å². The number of amides is 1. The van der Waals surface area contributed by atoms with E-state index in [-0.39, 0.29) is 12.6 Å². The lowest BCUT2D eigenvalue weighted by atomic mass is 9.99. The molecule has 1 saturated heterocycles. The van der Waals surface area contributed by atoms with Crippen molar-refractivity contribution in [2.24, 2.45) is 0 Å².